The van der Waals surface area contributed by atoms with Crippen LogP contribution < -0.4 is 5.32 Å². The molecule has 1 unspecified atom stereocenters. The van der Waals surface area contributed by atoms with Gasteiger partial charge in [-0.25, -0.2) is 0 Å². The standard InChI is InChI=1S/C16H15BrClNO2S/c17-13-3-7-15(8-4-13)22(21)10-9-19-16(20)11-12-1-5-14(18)6-2-12/h1-8H,9-11H2,(H,19,20). The molecule has 1 amide bonds. The van der Waals surface area contributed by atoms with Gasteiger partial charge in [-0.2, -0.15) is 0 Å². The van der Waals surface area contributed by atoms with E-state index in [0.29, 0.717) is 23.7 Å². The summed E-state index contributed by atoms with van der Waals surface area (Å²) in [5.41, 5.74) is 0.899. The Labute approximate surface area is 145 Å². The third-order valence-electron chi connectivity index (χ3n) is 2.96. The lowest BCUT2D eigenvalue weighted by Crippen LogP contribution is -2.29. The number of amides is 1. The second kappa shape index (κ2) is 8.46. The minimum Gasteiger partial charge on any atom is -0.355 e. The molecule has 0 saturated heterocycles. The number of hydrogen-bond acceptors (Lipinski definition) is 2. The van der Waals surface area contributed by atoms with Crippen LogP contribution in [0.5, 0.6) is 0 Å². The van der Waals surface area contributed by atoms with Gasteiger partial charge in [-0.1, -0.05) is 39.7 Å². The Morgan fingerprint density at radius 3 is 2.36 bits per heavy atom. The second-order valence-corrected chi connectivity index (χ2v) is 7.58. The van der Waals surface area contributed by atoms with E-state index in [1.807, 2.05) is 36.4 Å². The fourth-order valence-electron chi connectivity index (χ4n) is 1.84. The van der Waals surface area contributed by atoms with Gasteiger partial charge in [-0.05, 0) is 42.0 Å². The number of halogens is 2. The van der Waals surface area contributed by atoms with Gasteiger partial charge in [-0.3, -0.25) is 9.00 Å². The van der Waals surface area contributed by atoms with Gasteiger partial charge in [0.1, 0.15) is 0 Å². The summed E-state index contributed by atoms with van der Waals surface area (Å²) in [7, 11) is -1.11. The maximum Gasteiger partial charge on any atom is 0.224 e. The van der Waals surface area contributed by atoms with Crippen LogP contribution in [0.1, 0.15) is 5.56 Å². The summed E-state index contributed by atoms with van der Waals surface area (Å²) in [4.78, 5) is 12.6. The Bertz CT molecular complexity index is 659. The summed E-state index contributed by atoms with van der Waals surface area (Å²) in [6, 6.07) is 14.5. The lowest BCUT2D eigenvalue weighted by Gasteiger charge is -2.06. The SMILES string of the molecule is O=C(Cc1ccc(Cl)cc1)NCCS(=O)c1ccc(Br)cc1. The maximum atomic E-state index is 12.1. The molecule has 2 rings (SSSR count). The fourth-order valence-corrected chi connectivity index (χ4v) is 3.19. The smallest absolute Gasteiger partial charge is 0.224 e. The van der Waals surface area contributed by atoms with Crippen LogP contribution in [0.3, 0.4) is 0 Å². The number of hydrogen-bond donors (Lipinski definition) is 1. The van der Waals surface area contributed by atoms with Crippen LogP contribution in [0.2, 0.25) is 5.02 Å². The molecule has 0 heterocycles. The van der Waals surface area contributed by atoms with Crippen LogP contribution in [0, 0.1) is 0 Å². The van der Waals surface area contributed by atoms with E-state index in [2.05, 4.69) is 21.2 Å². The average molecular weight is 401 g/mol. The number of nitrogens with one attached hydrogen (secondary N) is 1. The van der Waals surface area contributed by atoms with Crippen molar-refractivity contribution >= 4 is 44.2 Å². The molecule has 22 heavy (non-hydrogen) atoms. The predicted molar refractivity (Wildman–Crippen MR) is 93.6 cm³/mol. The van der Waals surface area contributed by atoms with Crippen LogP contribution in [0.25, 0.3) is 0 Å². The van der Waals surface area contributed by atoms with Crippen molar-refractivity contribution in [2.45, 2.75) is 11.3 Å². The maximum absolute atomic E-state index is 12.1. The van der Waals surface area contributed by atoms with Crippen molar-refractivity contribution in [2.75, 3.05) is 12.3 Å². The minimum absolute atomic E-state index is 0.0878. The lowest BCUT2D eigenvalue weighted by atomic mass is 10.1. The molecule has 0 aliphatic rings. The highest BCUT2D eigenvalue weighted by atomic mass is 79.9. The highest BCUT2D eigenvalue weighted by Crippen LogP contribution is 2.13. The van der Waals surface area contributed by atoms with Gasteiger partial charge in [0, 0.05) is 26.7 Å². The van der Waals surface area contributed by atoms with Gasteiger partial charge in [0.2, 0.25) is 5.91 Å². The largest absolute Gasteiger partial charge is 0.355 e. The molecule has 0 aliphatic heterocycles. The Hall–Kier alpha value is -1.17. The molecule has 116 valence electrons. The zero-order valence-electron chi connectivity index (χ0n) is 11.7. The van der Waals surface area contributed by atoms with E-state index in [1.54, 1.807) is 12.1 Å². The van der Waals surface area contributed by atoms with Crippen molar-refractivity contribution in [2.24, 2.45) is 0 Å². The number of carbonyl (C=O) groups excluding carboxylic acids is 1. The summed E-state index contributed by atoms with van der Waals surface area (Å²) in [5, 5.41) is 3.43. The zero-order chi connectivity index (χ0) is 15.9. The molecule has 0 saturated carbocycles. The van der Waals surface area contributed by atoms with E-state index in [1.165, 1.54) is 0 Å². The Kier molecular flexibility index (Phi) is 6.61. The minimum atomic E-state index is -1.11. The van der Waals surface area contributed by atoms with Crippen molar-refractivity contribution < 1.29 is 9.00 Å². The summed E-state index contributed by atoms with van der Waals surface area (Å²) < 4.78 is 13.0. The number of benzene rings is 2. The molecule has 0 spiro atoms. The molecule has 0 radical (unpaired) electrons. The number of rotatable bonds is 6. The highest BCUT2D eigenvalue weighted by molar-refractivity contribution is 9.10. The topological polar surface area (TPSA) is 46.2 Å². The summed E-state index contributed by atoms with van der Waals surface area (Å²) in [6.45, 7) is 0.384. The van der Waals surface area contributed by atoms with E-state index in [0.717, 1.165) is 14.9 Å². The molecule has 0 fully saturated rings. The first-order chi connectivity index (χ1) is 10.5. The monoisotopic (exact) mass is 399 g/mol. The Morgan fingerprint density at radius 2 is 1.73 bits per heavy atom. The average Bonchev–Trinajstić information content (AvgIpc) is 2.50. The molecule has 2 aromatic carbocycles. The van der Waals surface area contributed by atoms with Crippen LogP contribution in [-0.2, 0) is 22.0 Å². The quantitative estimate of drug-likeness (QED) is 0.806. The fraction of sp³-hybridized carbons (Fsp3) is 0.188. The highest BCUT2D eigenvalue weighted by Gasteiger charge is 2.06. The summed E-state index contributed by atoms with van der Waals surface area (Å²) in [6.07, 6.45) is 0.294. The van der Waals surface area contributed by atoms with Crippen molar-refractivity contribution in [1.82, 2.24) is 5.32 Å². The summed E-state index contributed by atoms with van der Waals surface area (Å²) >= 11 is 9.14. The third-order valence-corrected chi connectivity index (χ3v) is 5.12. The first kappa shape index (κ1) is 17.2. The molecular weight excluding hydrogens is 386 g/mol. The molecule has 6 heteroatoms. The molecule has 0 aromatic heterocycles. The second-order valence-electron chi connectivity index (χ2n) is 4.66. The van der Waals surface area contributed by atoms with Crippen LogP contribution in [-0.4, -0.2) is 22.4 Å². The van der Waals surface area contributed by atoms with Crippen molar-refractivity contribution in [3.63, 3.8) is 0 Å². The third kappa shape index (κ3) is 5.55. The van der Waals surface area contributed by atoms with Crippen molar-refractivity contribution in [3.05, 3.63) is 63.6 Å². The van der Waals surface area contributed by atoms with Crippen LogP contribution in [0.15, 0.2) is 57.9 Å². The van der Waals surface area contributed by atoms with Gasteiger partial charge < -0.3 is 5.32 Å². The van der Waals surface area contributed by atoms with Gasteiger partial charge in [0.15, 0.2) is 0 Å². The molecule has 2 aromatic rings. The zero-order valence-corrected chi connectivity index (χ0v) is 14.9. The first-order valence-electron chi connectivity index (χ1n) is 6.69. The van der Waals surface area contributed by atoms with Gasteiger partial charge in [0.05, 0.1) is 17.2 Å². The molecule has 0 aliphatic carbocycles. The lowest BCUT2D eigenvalue weighted by molar-refractivity contribution is -0.120. The van der Waals surface area contributed by atoms with Crippen molar-refractivity contribution in [1.29, 1.82) is 0 Å². The van der Waals surface area contributed by atoms with Gasteiger partial charge in [-0.15, -0.1) is 0 Å². The van der Waals surface area contributed by atoms with Crippen LogP contribution >= 0.6 is 27.5 Å². The molecule has 1 N–H and O–H groups in total. The Balaban J connectivity index is 1.75. The van der Waals surface area contributed by atoms with E-state index < -0.39 is 10.8 Å². The molecule has 0 bridgehead atoms. The summed E-state index contributed by atoms with van der Waals surface area (Å²) in [5.74, 6) is 0.309. The van der Waals surface area contributed by atoms with Crippen LogP contribution in [0.4, 0.5) is 0 Å². The van der Waals surface area contributed by atoms with E-state index in [-0.39, 0.29) is 5.91 Å². The normalized spacial score (nSPS) is 11.9. The van der Waals surface area contributed by atoms with Crippen molar-refractivity contribution in [3.8, 4) is 0 Å². The van der Waals surface area contributed by atoms with E-state index in [9.17, 15) is 9.00 Å². The predicted octanol–water partition coefficient (Wildman–Crippen LogP) is 3.57. The molecule has 3 nitrogen and oxygen atoms in total. The van der Waals surface area contributed by atoms with Gasteiger partial charge >= 0.3 is 0 Å². The first-order valence-corrected chi connectivity index (χ1v) is 9.18. The van der Waals surface area contributed by atoms with E-state index >= 15 is 0 Å². The van der Waals surface area contributed by atoms with Gasteiger partial charge in [0.25, 0.3) is 0 Å². The van der Waals surface area contributed by atoms with E-state index in [4.69, 9.17) is 11.6 Å². The number of carbonyl (C=O) groups is 1. The molecular formula is C16H15BrClNO2S. The Morgan fingerprint density at radius 1 is 1.09 bits per heavy atom. The molecule has 1 atom stereocenters.